The van der Waals surface area contributed by atoms with Crippen LogP contribution in [0.1, 0.15) is 11.3 Å². The summed E-state index contributed by atoms with van der Waals surface area (Å²) in [5.41, 5.74) is 3.80. The van der Waals surface area contributed by atoms with Gasteiger partial charge in [0.2, 0.25) is 0 Å². The van der Waals surface area contributed by atoms with Crippen molar-refractivity contribution in [3.63, 3.8) is 0 Å². The Morgan fingerprint density at radius 2 is 1.48 bits per heavy atom. The van der Waals surface area contributed by atoms with Gasteiger partial charge < -0.3 is 9.13 Å². The second-order valence-corrected chi connectivity index (χ2v) is 6.77. The first kappa shape index (κ1) is 17.0. The fraction of sp³-hybridized carbons (Fsp3) is 0.130. The summed E-state index contributed by atoms with van der Waals surface area (Å²) < 4.78 is 3.94. The number of fused-ring (bicyclic) bond motifs is 3. The number of nitrogens with zero attached hydrogens (tertiary/aromatic N) is 2. The van der Waals surface area contributed by atoms with Gasteiger partial charge in [0, 0.05) is 41.5 Å². The van der Waals surface area contributed by atoms with Gasteiger partial charge in [-0.2, -0.15) is 0 Å². The SMILES string of the molecule is C=C/C=C\c1c(C)n(C)c2cc3c(=O)c4ccccc4n(C)c3cc2c1=O. The van der Waals surface area contributed by atoms with Crippen molar-refractivity contribution in [2.24, 2.45) is 14.1 Å². The molecular weight excluding hydrogens is 336 g/mol. The minimum atomic E-state index is -0.0405. The lowest BCUT2D eigenvalue weighted by Crippen LogP contribution is -2.16. The molecule has 0 atom stereocenters. The number of hydrogen-bond donors (Lipinski definition) is 0. The lowest BCUT2D eigenvalue weighted by atomic mass is 10.0. The van der Waals surface area contributed by atoms with Crippen molar-refractivity contribution in [2.75, 3.05) is 0 Å². The molecule has 2 heterocycles. The Kier molecular flexibility index (Phi) is 3.84. The smallest absolute Gasteiger partial charge is 0.197 e. The molecule has 4 nitrogen and oxygen atoms in total. The molecule has 0 aliphatic heterocycles. The van der Waals surface area contributed by atoms with Crippen LogP contribution in [0.15, 0.2) is 64.7 Å². The lowest BCUT2D eigenvalue weighted by molar-refractivity contribution is 0.894. The van der Waals surface area contributed by atoms with Gasteiger partial charge in [-0.1, -0.05) is 30.9 Å². The van der Waals surface area contributed by atoms with E-state index in [9.17, 15) is 9.59 Å². The van der Waals surface area contributed by atoms with E-state index in [-0.39, 0.29) is 10.9 Å². The molecule has 4 rings (SSSR count). The lowest BCUT2D eigenvalue weighted by Gasteiger charge is -2.15. The Hall–Kier alpha value is -3.40. The second-order valence-electron chi connectivity index (χ2n) is 6.77. The molecular formula is C23H20N2O2. The second kappa shape index (κ2) is 6.09. The number of para-hydroxylation sites is 1. The highest BCUT2D eigenvalue weighted by atomic mass is 16.1. The zero-order valence-electron chi connectivity index (χ0n) is 15.6. The van der Waals surface area contributed by atoms with Crippen molar-refractivity contribution in [3.8, 4) is 0 Å². The van der Waals surface area contributed by atoms with E-state index in [0.717, 1.165) is 22.2 Å². The van der Waals surface area contributed by atoms with Crippen molar-refractivity contribution in [2.45, 2.75) is 6.92 Å². The Morgan fingerprint density at radius 3 is 2.19 bits per heavy atom. The van der Waals surface area contributed by atoms with E-state index >= 15 is 0 Å². The molecule has 2 aromatic carbocycles. The van der Waals surface area contributed by atoms with Gasteiger partial charge in [0.05, 0.1) is 16.6 Å². The Labute approximate surface area is 156 Å². The highest BCUT2D eigenvalue weighted by Crippen LogP contribution is 2.24. The van der Waals surface area contributed by atoms with Crippen molar-refractivity contribution >= 4 is 38.8 Å². The molecule has 0 saturated heterocycles. The molecule has 2 aromatic heterocycles. The topological polar surface area (TPSA) is 44.0 Å². The fourth-order valence-electron chi connectivity index (χ4n) is 3.76. The van der Waals surface area contributed by atoms with Crippen LogP contribution in [-0.4, -0.2) is 9.13 Å². The van der Waals surface area contributed by atoms with Crippen molar-refractivity contribution in [3.05, 3.63) is 86.8 Å². The van der Waals surface area contributed by atoms with Crippen LogP contribution in [0.5, 0.6) is 0 Å². The minimum absolute atomic E-state index is 0.0127. The zero-order chi connectivity index (χ0) is 19.3. The molecule has 0 bridgehead atoms. The first-order valence-corrected chi connectivity index (χ1v) is 8.79. The Balaban J connectivity index is 2.27. The van der Waals surface area contributed by atoms with Crippen LogP contribution in [0, 0.1) is 6.92 Å². The maximum absolute atomic E-state index is 13.1. The standard InChI is InChI=1S/C23H20N2O2/c1-5-6-9-15-14(2)24(3)20-12-18-21(13-17(20)22(15)26)25(4)19-11-8-7-10-16(19)23(18)27/h5-13H,1H2,2-4H3/b9-6-. The van der Waals surface area contributed by atoms with Crippen LogP contribution in [0.4, 0.5) is 0 Å². The summed E-state index contributed by atoms with van der Waals surface area (Å²) in [7, 11) is 3.84. The quantitative estimate of drug-likeness (QED) is 0.402. The van der Waals surface area contributed by atoms with E-state index in [1.807, 2.05) is 66.6 Å². The van der Waals surface area contributed by atoms with Gasteiger partial charge in [0.15, 0.2) is 10.9 Å². The van der Waals surface area contributed by atoms with Gasteiger partial charge in [-0.25, -0.2) is 0 Å². The number of hydrogen-bond acceptors (Lipinski definition) is 2. The molecule has 0 spiro atoms. The predicted octanol–water partition coefficient (Wildman–Crippen LogP) is 4.05. The van der Waals surface area contributed by atoms with Gasteiger partial charge in [-0.3, -0.25) is 9.59 Å². The van der Waals surface area contributed by atoms with Crippen LogP contribution in [0.3, 0.4) is 0 Å². The number of pyridine rings is 2. The van der Waals surface area contributed by atoms with Crippen LogP contribution in [0.2, 0.25) is 0 Å². The van der Waals surface area contributed by atoms with Crippen molar-refractivity contribution in [1.82, 2.24) is 9.13 Å². The maximum atomic E-state index is 13.1. The molecule has 134 valence electrons. The monoisotopic (exact) mass is 356 g/mol. The Bertz CT molecular complexity index is 1400. The number of aryl methyl sites for hydroxylation is 2. The summed E-state index contributed by atoms with van der Waals surface area (Å²) in [6.45, 7) is 5.59. The van der Waals surface area contributed by atoms with E-state index in [4.69, 9.17) is 0 Å². The third kappa shape index (κ3) is 2.37. The Morgan fingerprint density at radius 1 is 0.852 bits per heavy atom. The summed E-state index contributed by atoms with van der Waals surface area (Å²) in [6, 6.07) is 11.2. The van der Waals surface area contributed by atoms with E-state index in [1.54, 1.807) is 18.2 Å². The third-order valence-electron chi connectivity index (χ3n) is 5.37. The molecule has 0 amide bonds. The first-order valence-electron chi connectivity index (χ1n) is 8.79. The van der Waals surface area contributed by atoms with Gasteiger partial charge in [-0.05, 0) is 37.3 Å². The minimum Gasteiger partial charge on any atom is -0.347 e. The summed E-state index contributed by atoms with van der Waals surface area (Å²) in [5.74, 6) is 0. The average Bonchev–Trinajstić information content (AvgIpc) is 2.69. The summed E-state index contributed by atoms with van der Waals surface area (Å²) in [6.07, 6.45) is 5.20. The highest BCUT2D eigenvalue weighted by Gasteiger charge is 2.15. The largest absolute Gasteiger partial charge is 0.347 e. The average molecular weight is 356 g/mol. The van der Waals surface area contributed by atoms with E-state index in [1.165, 1.54) is 0 Å². The van der Waals surface area contributed by atoms with E-state index < -0.39 is 0 Å². The third-order valence-corrected chi connectivity index (χ3v) is 5.37. The van der Waals surface area contributed by atoms with Gasteiger partial charge in [-0.15, -0.1) is 0 Å². The molecule has 0 unspecified atom stereocenters. The van der Waals surface area contributed by atoms with E-state index in [0.29, 0.717) is 21.7 Å². The number of benzene rings is 2. The first-order chi connectivity index (χ1) is 13.0. The van der Waals surface area contributed by atoms with Crippen LogP contribution < -0.4 is 10.9 Å². The molecule has 4 heteroatoms. The molecule has 0 aliphatic carbocycles. The number of aromatic nitrogens is 2. The molecule has 0 N–H and O–H groups in total. The van der Waals surface area contributed by atoms with Crippen LogP contribution >= 0.6 is 0 Å². The predicted molar refractivity (Wildman–Crippen MR) is 113 cm³/mol. The van der Waals surface area contributed by atoms with Gasteiger partial charge in [0.25, 0.3) is 0 Å². The normalized spacial score (nSPS) is 11.8. The molecule has 0 radical (unpaired) electrons. The van der Waals surface area contributed by atoms with Crippen molar-refractivity contribution in [1.29, 1.82) is 0 Å². The maximum Gasteiger partial charge on any atom is 0.197 e. The van der Waals surface area contributed by atoms with Crippen molar-refractivity contribution < 1.29 is 0 Å². The highest BCUT2D eigenvalue weighted by molar-refractivity contribution is 6.01. The summed E-state index contributed by atoms with van der Waals surface area (Å²) in [4.78, 5) is 26.2. The summed E-state index contributed by atoms with van der Waals surface area (Å²) in [5, 5.41) is 1.90. The molecule has 0 aliphatic rings. The zero-order valence-corrected chi connectivity index (χ0v) is 15.6. The van der Waals surface area contributed by atoms with Gasteiger partial charge >= 0.3 is 0 Å². The molecule has 27 heavy (non-hydrogen) atoms. The molecule has 4 aromatic rings. The van der Waals surface area contributed by atoms with Gasteiger partial charge in [0.1, 0.15) is 0 Å². The molecule has 0 saturated carbocycles. The molecule has 0 fully saturated rings. The summed E-state index contributed by atoms with van der Waals surface area (Å²) >= 11 is 0. The fourth-order valence-corrected chi connectivity index (χ4v) is 3.76. The van der Waals surface area contributed by atoms with Crippen LogP contribution in [0.25, 0.3) is 38.8 Å². The number of rotatable bonds is 2. The van der Waals surface area contributed by atoms with Crippen LogP contribution in [-0.2, 0) is 14.1 Å². The number of allylic oxidation sites excluding steroid dienone is 2. The van der Waals surface area contributed by atoms with E-state index in [2.05, 4.69) is 6.58 Å².